The predicted molar refractivity (Wildman–Crippen MR) is 110 cm³/mol. The lowest BCUT2D eigenvalue weighted by Crippen LogP contribution is -2.31. The molecule has 28 heavy (non-hydrogen) atoms. The van der Waals surface area contributed by atoms with E-state index in [9.17, 15) is 9.59 Å². The fraction of sp³-hybridized carbons (Fsp3) is 0.391. The summed E-state index contributed by atoms with van der Waals surface area (Å²) >= 11 is 0. The SMILES string of the molecule is O=C(O)C1CCC(Nc2ccc3c(c2)N(C(=O)Cc2ccccc2)CC3)CC1. The van der Waals surface area contributed by atoms with E-state index in [4.69, 9.17) is 5.11 Å². The Kier molecular flexibility index (Phi) is 5.33. The Morgan fingerprint density at radius 1 is 1.04 bits per heavy atom. The van der Waals surface area contributed by atoms with Crippen LogP contribution >= 0.6 is 0 Å². The lowest BCUT2D eigenvalue weighted by atomic mass is 9.86. The zero-order chi connectivity index (χ0) is 19.5. The molecule has 0 saturated heterocycles. The van der Waals surface area contributed by atoms with Crippen LogP contribution in [-0.2, 0) is 22.4 Å². The van der Waals surface area contributed by atoms with E-state index in [-0.39, 0.29) is 11.8 Å². The van der Waals surface area contributed by atoms with Crippen LogP contribution in [0.25, 0.3) is 0 Å². The van der Waals surface area contributed by atoms with Crippen LogP contribution in [0.2, 0.25) is 0 Å². The summed E-state index contributed by atoms with van der Waals surface area (Å²) in [6, 6.07) is 16.4. The minimum atomic E-state index is -0.677. The molecule has 0 bridgehead atoms. The van der Waals surface area contributed by atoms with Crippen molar-refractivity contribution >= 4 is 23.3 Å². The number of carbonyl (C=O) groups is 2. The first-order chi connectivity index (χ1) is 13.6. The number of aliphatic carboxylic acids is 1. The van der Waals surface area contributed by atoms with Gasteiger partial charge in [-0.3, -0.25) is 9.59 Å². The highest BCUT2D eigenvalue weighted by atomic mass is 16.4. The lowest BCUT2D eigenvalue weighted by Gasteiger charge is -2.28. The summed E-state index contributed by atoms with van der Waals surface area (Å²) in [5, 5.41) is 12.7. The second kappa shape index (κ2) is 8.05. The van der Waals surface area contributed by atoms with E-state index in [0.29, 0.717) is 12.5 Å². The van der Waals surface area contributed by atoms with Crippen LogP contribution in [0.1, 0.15) is 36.8 Å². The summed E-state index contributed by atoms with van der Waals surface area (Å²) in [6.07, 6.45) is 4.48. The van der Waals surface area contributed by atoms with Crippen molar-refractivity contribution in [2.45, 2.75) is 44.6 Å². The van der Waals surface area contributed by atoms with Crippen LogP contribution in [0.4, 0.5) is 11.4 Å². The Hall–Kier alpha value is -2.82. The van der Waals surface area contributed by atoms with Crippen LogP contribution in [0.15, 0.2) is 48.5 Å². The van der Waals surface area contributed by atoms with Crippen molar-refractivity contribution in [3.05, 3.63) is 59.7 Å². The number of nitrogens with one attached hydrogen (secondary N) is 1. The third-order valence-corrected chi connectivity index (χ3v) is 5.93. The Labute approximate surface area is 165 Å². The van der Waals surface area contributed by atoms with Gasteiger partial charge in [0.25, 0.3) is 0 Å². The van der Waals surface area contributed by atoms with Gasteiger partial charge in [0, 0.05) is 24.0 Å². The van der Waals surface area contributed by atoms with Crippen molar-refractivity contribution in [2.24, 2.45) is 5.92 Å². The fourth-order valence-electron chi connectivity index (χ4n) is 4.31. The van der Waals surface area contributed by atoms with Gasteiger partial charge in [0.05, 0.1) is 12.3 Å². The Bertz CT molecular complexity index is 857. The van der Waals surface area contributed by atoms with E-state index in [0.717, 1.165) is 55.6 Å². The number of amides is 1. The lowest BCUT2D eigenvalue weighted by molar-refractivity contribution is -0.142. The summed E-state index contributed by atoms with van der Waals surface area (Å²) in [5.41, 5.74) is 4.26. The van der Waals surface area contributed by atoms with Crippen LogP contribution < -0.4 is 10.2 Å². The highest BCUT2D eigenvalue weighted by molar-refractivity contribution is 5.97. The average Bonchev–Trinajstić information content (AvgIpc) is 3.12. The van der Waals surface area contributed by atoms with E-state index < -0.39 is 5.97 Å². The highest BCUT2D eigenvalue weighted by Gasteiger charge is 2.27. The fourth-order valence-corrected chi connectivity index (χ4v) is 4.31. The molecule has 5 heteroatoms. The van der Waals surface area contributed by atoms with Crippen LogP contribution in [0.5, 0.6) is 0 Å². The van der Waals surface area contributed by atoms with Gasteiger partial charge in [-0.2, -0.15) is 0 Å². The monoisotopic (exact) mass is 378 g/mol. The standard InChI is InChI=1S/C23H26N2O3/c26-22(14-16-4-2-1-3-5-16)25-13-12-17-6-11-20(15-21(17)25)24-19-9-7-18(8-10-19)23(27)28/h1-6,11,15,18-19,24H,7-10,12-14H2,(H,27,28). The van der Waals surface area contributed by atoms with Gasteiger partial charge in [0.2, 0.25) is 5.91 Å². The minimum Gasteiger partial charge on any atom is -0.481 e. The quantitative estimate of drug-likeness (QED) is 0.829. The number of hydrogen-bond acceptors (Lipinski definition) is 3. The maximum atomic E-state index is 12.8. The molecule has 1 aliphatic carbocycles. The molecule has 2 aromatic carbocycles. The van der Waals surface area contributed by atoms with E-state index in [2.05, 4.69) is 23.5 Å². The molecule has 1 aliphatic heterocycles. The number of fused-ring (bicyclic) bond motifs is 1. The molecule has 5 nitrogen and oxygen atoms in total. The van der Waals surface area contributed by atoms with E-state index in [1.807, 2.05) is 35.2 Å². The van der Waals surface area contributed by atoms with Crippen molar-refractivity contribution in [2.75, 3.05) is 16.8 Å². The van der Waals surface area contributed by atoms with E-state index in [1.54, 1.807) is 0 Å². The van der Waals surface area contributed by atoms with E-state index in [1.165, 1.54) is 5.56 Å². The highest BCUT2D eigenvalue weighted by Crippen LogP contribution is 2.33. The average molecular weight is 378 g/mol. The number of carbonyl (C=O) groups excluding carboxylic acids is 1. The maximum absolute atomic E-state index is 12.8. The molecule has 2 aliphatic rings. The van der Waals surface area contributed by atoms with Gasteiger partial charge < -0.3 is 15.3 Å². The Morgan fingerprint density at radius 2 is 1.79 bits per heavy atom. The molecule has 0 radical (unpaired) electrons. The van der Waals surface area contributed by atoms with Gasteiger partial charge in [-0.1, -0.05) is 36.4 Å². The van der Waals surface area contributed by atoms with Crippen LogP contribution in [0, 0.1) is 5.92 Å². The molecule has 0 spiro atoms. The summed E-state index contributed by atoms with van der Waals surface area (Å²) < 4.78 is 0. The molecule has 1 heterocycles. The summed E-state index contributed by atoms with van der Waals surface area (Å²) in [4.78, 5) is 25.8. The normalized spacial score (nSPS) is 21.2. The zero-order valence-electron chi connectivity index (χ0n) is 15.9. The summed E-state index contributed by atoms with van der Waals surface area (Å²) in [7, 11) is 0. The molecule has 1 fully saturated rings. The van der Waals surface area contributed by atoms with Crippen molar-refractivity contribution in [1.29, 1.82) is 0 Å². The number of anilines is 2. The second-order valence-corrected chi connectivity index (χ2v) is 7.83. The second-order valence-electron chi connectivity index (χ2n) is 7.83. The number of benzene rings is 2. The van der Waals surface area contributed by atoms with Gasteiger partial charge in [-0.25, -0.2) is 0 Å². The number of carboxylic acid groups (broad SMARTS) is 1. The summed E-state index contributed by atoms with van der Waals surface area (Å²) in [6.45, 7) is 0.730. The van der Waals surface area contributed by atoms with E-state index >= 15 is 0 Å². The van der Waals surface area contributed by atoms with Gasteiger partial charge in [0.1, 0.15) is 0 Å². The third kappa shape index (κ3) is 4.03. The maximum Gasteiger partial charge on any atom is 0.306 e. The molecule has 2 aromatic rings. The topological polar surface area (TPSA) is 69.6 Å². The van der Waals surface area contributed by atoms with Crippen molar-refractivity contribution in [3.63, 3.8) is 0 Å². The predicted octanol–water partition coefficient (Wildman–Crippen LogP) is 3.87. The molecule has 1 amide bonds. The first-order valence-corrected chi connectivity index (χ1v) is 10.1. The molecule has 0 aromatic heterocycles. The minimum absolute atomic E-state index is 0.129. The van der Waals surface area contributed by atoms with Crippen molar-refractivity contribution in [3.8, 4) is 0 Å². The number of nitrogens with zero attached hydrogens (tertiary/aromatic N) is 1. The Balaban J connectivity index is 1.42. The zero-order valence-corrected chi connectivity index (χ0v) is 15.9. The smallest absolute Gasteiger partial charge is 0.306 e. The first kappa shape index (κ1) is 18.5. The van der Waals surface area contributed by atoms with Gasteiger partial charge in [-0.15, -0.1) is 0 Å². The third-order valence-electron chi connectivity index (χ3n) is 5.93. The van der Waals surface area contributed by atoms with Crippen molar-refractivity contribution in [1.82, 2.24) is 0 Å². The number of rotatable bonds is 5. The summed E-state index contributed by atoms with van der Waals surface area (Å²) in [5.74, 6) is -0.753. The molecule has 4 rings (SSSR count). The molecule has 0 unspecified atom stereocenters. The van der Waals surface area contributed by atoms with Crippen LogP contribution in [-0.4, -0.2) is 29.6 Å². The van der Waals surface area contributed by atoms with Gasteiger partial charge >= 0.3 is 5.97 Å². The molecular weight excluding hydrogens is 352 g/mol. The molecule has 146 valence electrons. The van der Waals surface area contributed by atoms with Crippen LogP contribution in [0.3, 0.4) is 0 Å². The Morgan fingerprint density at radius 3 is 2.50 bits per heavy atom. The molecule has 0 atom stereocenters. The molecule has 2 N–H and O–H groups in total. The number of hydrogen-bond donors (Lipinski definition) is 2. The first-order valence-electron chi connectivity index (χ1n) is 10.1. The largest absolute Gasteiger partial charge is 0.481 e. The van der Waals surface area contributed by atoms with Crippen molar-refractivity contribution < 1.29 is 14.7 Å². The van der Waals surface area contributed by atoms with Gasteiger partial charge in [0.15, 0.2) is 0 Å². The molecular formula is C23H26N2O3. The van der Waals surface area contributed by atoms with Gasteiger partial charge in [-0.05, 0) is 55.4 Å². The molecule has 1 saturated carbocycles. The number of carboxylic acids is 1.